The third kappa shape index (κ3) is 6.48. The maximum atomic E-state index is 11.0. The van der Waals surface area contributed by atoms with Gasteiger partial charge in [-0.25, -0.2) is 0 Å². The molecule has 200 valence electrons. The molecule has 0 saturated carbocycles. The van der Waals surface area contributed by atoms with E-state index in [4.69, 9.17) is 18.9 Å². The average Bonchev–Trinajstić information content (AvgIpc) is 2.94. The van der Waals surface area contributed by atoms with E-state index in [0.29, 0.717) is 23.5 Å². The first-order valence-corrected chi connectivity index (χ1v) is 12.4. The van der Waals surface area contributed by atoms with Crippen LogP contribution in [0.1, 0.15) is 29.5 Å². The minimum Gasteiger partial charge on any atom is -0.507 e. The van der Waals surface area contributed by atoms with Crippen LogP contribution in [0.2, 0.25) is 0 Å². The molecule has 0 heterocycles. The summed E-state index contributed by atoms with van der Waals surface area (Å²) in [5, 5.41) is 21.8. The summed E-state index contributed by atoms with van der Waals surface area (Å²) >= 11 is 0. The molecule has 2 N–H and O–H groups in total. The van der Waals surface area contributed by atoms with E-state index in [1.807, 2.05) is 42.5 Å². The van der Waals surface area contributed by atoms with Gasteiger partial charge in [0.15, 0.2) is 23.0 Å². The normalized spacial score (nSPS) is 12.7. The fraction of sp³-hybridized carbons (Fsp3) is 0.400. The van der Waals surface area contributed by atoms with Gasteiger partial charge in [-0.15, -0.1) is 0 Å². The van der Waals surface area contributed by atoms with Gasteiger partial charge in [-0.2, -0.15) is 0 Å². The van der Waals surface area contributed by atoms with Crippen molar-refractivity contribution in [3.63, 3.8) is 0 Å². The highest BCUT2D eigenvalue weighted by molar-refractivity contribution is 5.56. The van der Waals surface area contributed by atoms with E-state index in [1.54, 1.807) is 33.5 Å². The summed E-state index contributed by atoms with van der Waals surface area (Å²) in [5.74, 6) is 2.47. The third-order valence-electron chi connectivity index (χ3n) is 6.99. The number of benzene rings is 3. The monoisotopic (exact) mass is 509 g/mol. The Hall–Kier alpha value is -3.42. The van der Waals surface area contributed by atoms with Gasteiger partial charge in [-0.05, 0) is 62.2 Å². The van der Waals surface area contributed by atoms with Gasteiger partial charge >= 0.3 is 0 Å². The Morgan fingerprint density at radius 2 is 1.38 bits per heavy atom. The van der Waals surface area contributed by atoms with Crippen LogP contribution in [0, 0.1) is 0 Å². The fourth-order valence-corrected chi connectivity index (χ4v) is 4.82. The molecule has 0 bridgehead atoms. The molecule has 0 amide bonds. The summed E-state index contributed by atoms with van der Waals surface area (Å²) in [6.45, 7) is 1.54. The van der Waals surface area contributed by atoms with Gasteiger partial charge in [0.1, 0.15) is 5.75 Å². The van der Waals surface area contributed by atoms with Crippen LogP contribution in [0.15, 0.2) is 60.7 Å². The number of hydrogen-bond donors (Lipinski definition) is 2. The standard InChI is InChI=1S/C30H39NO6/c1-31(17-14-22-12-13-26(34-2)27(18-22)35-3)16-9-15-30(21-32,23-10-7-6-8-11-23)24-19-28(36-4)29(37-5)20-25(24)33/h6-8,10-13,18-20,32-33H,9,14-17,21H2,1-5H3. The maximum Gasteiger partial charge on any atom is 0.164 e. The number of hydrogen-bond acceptors (Lipinski definition) is 7. The Balaban J connectivity index is 1.77. The van der Waals surface area contributed by atoms with E-state index in [1.165, 1.54) is 12.7 Å². The number of rotatable bonds is 14. The SMILES string of the molecule is COc1ccc(CCN(C)CCCC(CO)(c2ccccc2)c2cc(OC)c(OC)cc2O)cc1OC. The summed E-state index contributed by atoms with van der Waals surface area (Å²) in [4.78, 5) is 2.28. The summed E-state index contributed by atoms with van der Waals surface area (Å²) in [6, 6.07) is 19.2. The van der Waals surface area contributed by atoms with Crippen LogP contribution in [0.5, 0.6) is 28.7 Å². The van der Waals surface area contributed by atoms with Gasteiger partial charge in [0.25, 0.3) is 0 Å². The van der Waals surface area contributed by atoms with Crippen molar-refractivity contribution in [3.8, 4) is 28.7 Å². The molecule has 1 atom stereocenters. The van der Waals surface area contributed by atoms with Crippen LogP contribution in [-0.2, 0) is 11.8 Å². The maximum absolute atomic E-state index is 11.0. The van der Waals surface area contributed by atoms with Crippen LogP contribution >= 0.6 is 0 Å². The van der Waals surface area contributed by atoms with E-state index >= 15 is 0 Å². The van der Waals surface area contributed by atoms with Gasteiger partial charge in [0.05, 0.1) is 35.0 Å². The smallest absolute Gasteiger partial charge is 0.164 e. The average molecular weight is 510 g/mol. The van der Waals surface area contributed by atoms with Gasteiger partial charge in [-0.1, -0.05) is 36.4 Å². The molecule has 3 aromatic carbocycles. The summed E-state index contributed by atoms with van der Waals surface area (Å²) < 4.78 is 21.6. The zero-order valence-corrected chi connectivity index (χ0v) is 22.5. The number of nitrogens with zero attached hydrogens (tertiary/aromatic N) is 1. The lowest BCUT2D eigenvalue weighted by molar-refractivity contribution is 0.199. The number of phenols is 1. The van der Waals surface area contributed by atoms with Crippen LogP contribution in [0.25, 0.3) is 0 Å². The highest BCUT2D eigenvalue weighted by Gasteiger charge is 2.36. The Labute approximate surface area is 220 Å². The molecule has 0 fully saturated rings. The molecule has 7 heteroatoms. The molecular weight excluding hydrogens is 470 g/mol. The summed E-state index contributed by atoms with van der Waals surface area (Å²) in [5.41, 5.74) is 1.93. The quantitative estimate of drug-likeness (QED) is 0.327. The second kappa shape index (κ2) is 13.2. The first-order valence-electron chi connectivity index (χ1n) is 12.4. The largest absolute Gasteiger partial charge is 0.507 e. The van der Waals surface area contributed by atoms with Crippen molar-refractivity contribution in [2.24, 2.45) is 0 Å². The van der Waals surface area contributed by atoms with Crippen molar-refractivity contribution < 1.29 is 29.2 Å². The van der Waals surface area contributed by atoms with Crippen molar-refractivity contribution in [1.29, 1.82) is 0 Å². The molecule has 37 heavy (non-hydrogen) atoms. The van der Waals surface area contributed by atoms with Crippen LogP contribution < -0.4 is 18.9 Å². The van der Waals surface area contributed by atoms with Gasteiger partial charge < -0.3 is 34.1 Å². The zero-order chi connectivity index (χ0) is 26.8. The van der Waals surface area contributed by atoms with E-state index < -0.39 is 5.41 Å². The number of ether oxygens (including phenoxy) is 4. The van der Waals surface area contributed by atoms with Crippen LogP contribution in [-0.4, -0.2) is 70.3 Å². The summed E-state index contributed by atoms with van der Waals surface area (Å²) in [6.07, 6.45) is 2.32. The molecule has 0 aromatic heterocycles. The first-order chi connectivity index (χ1) is 17.9. The van der Waals surface area contributed by atoms with Crippen LogP contribution in [0.4, 0.5) is 0 Å². The Bertz CT molecular complexity index is 1140. The Kier molecular flexibility index (Phi) is 10.1. The Morgan fingerprint density at radius 3 is 2.00 bits per heavy atom. The highest BCUT2D eigenvalue weighted by Crippen LogP contribution is 2.45. The molecule has 7 nitrogen and oxygen atoms in total. The topological polar surface area (TPSA) is 80.6 Å². The molecule has 0 aliphatic carbocycles. The highest BCUT2D eigenvalue weighted by atomic mass is 16.5. The van der Waals surface area contributed by atoms with Crippen molar-refractivity contribution in [2.45, 2.75) is 24.7 Å². The molecule has 0 saturated heterocycles. The number of aliphatic hydroxyl groups is 1. The van der Waals surface area contributed by atoms with E-state index in [9.17, 15) is 10.2 Å². The predicted molar refractivity (Wildman–Crippen MR) is 145 cm³/mol. The lowest BCUT2D eigenvalue weighted by Crippen LogP contribution is -2.34. The molecule has 3 rings (SSSR count). The molecule has 1 unspecified atom stereocenters. The number of methoxy groups -OCH3 is 4. The minimum absolute atomic E-state index is 0.0670. The van der Waals surface area contributed by atoms with Crippen molar-refractivity contribution >= 4 is 0 Å². The number of aliphatic hydroxyl groups excluding tert-OH is 1. The van der Waals surface area contributed by atoms with Gasteiger partial charge in [-0.3, -0.25) is 0 Å². The van der Waals surface area contributed by atoms with E-state index in [-0.39, 0.29) is 12.4 Å². The molecule has 0 radical (unpaired) electrons. The molecular formula is C30H39NO6. The molecule has 0 aliphatic rings. The number of likely N-dealkylation sites (N-methyl/N-ethyl adjacent to an activating group) is 1. The summed E-state index contributed by atoms with van der Waals surface area (Å²) in [7, 11) is 8.47. The van der Waals surface area contributed by atoms with Crippen molar-refractivity contribution in [1.82, 2.24) is 4.90 Å². The van der Waals surface area contributed by atoms with Crippen molar-refractivity contribution in [3.05, 3.63) is 77.4 Å². The van der Waals surface area contributed by atoms with Gasteiger partial charge in [0, 0.05) is 23.6 Å². The fourth-order valence-electron chi connectivity index (χ4n) is 4.82. The van der Waals surface area contributed by atoms with Crippen LogP contribution in [0.3, 0.4) is 0 Å². The molecule has 0 aliphatic heterocycles. The van der Waals surface area contributed by atoms with Crippen molar-refractivity contribution in [2.75, 3.05) is 55.2 Å². The first kappa shape index (κ1) is 28.2. The lowest BCUT2D eigenvalue weighted by atomic mass is 9.71. The van der Waals surface area contributed by atoms with E-state index in [0.717, 1.165) is 43.0 Å². The second-order valence-electron chi connectivity index (χ2n) is 9.18. The third-order valence-corrected chi connectivity index (χ3v) is 6.99. The minimum atomic E-state index is -0.797. The number of phenolic OH excluding ortho intramolecular Hbond substituents is 1. The molecule has 3 aromatic rings. The lowest BCUT2D eigenvalue weighted by Gasteiger charge is -2.35. The second-order valence-corrected chi connectivity index (χ2v) is 9.18. The number of aromatic hydroxyl groups is 1. The molecule has 0 spiro atoms. The van der Waals surface area contributed by atoms with E-state index in [2.05, 4.69) is 18.0 Å². The van der Waals surface area contributed by atoms with Gasteiger partial charge in [0.2, 0.25) is 0 Å². The zero-order valence-electron chi connectivity index (χ0n) is 22.5. The predicted octanol–water partition coefficient (Wildman–Crippen LogP) is 4.66. The Morgan fingerprint density at radius 1 is 0.757 bits per heavy atom.